The van der Waals surface area contributed by atoms with Gasteiger partial charge in [0.05, 0.1) is 18.6 Å². The van der Waals surface area contributed by atoms with Gasteiger partial charge in [0.1, 0.15) is 0 Å². The first-order valence-electron chi connectivity index (χ1n) is 9.44. The van der Waals surface area contributed by atoms with Crippen LogP contribution in [0.15, 0.2) is 24.3 Å². The number of rotatable bonds is 4. The predicted octanol–water partition coefficient (Wildman–Crippen LogP) is 1.41. The minimum atomic E-state index is -0.712. The maximum Gasteiger partial charge on any atom is 0.225 e. The van der Waals surface area contributed by atoms with Crippen LogP contribution in [0.5, 0.6) is 0 Å². The van der Waals surface area contributed by atoms with E-state index in [9.17, 15) is 14.7 Å². The second-order valence-corrected chi connectivity index (χ2v) is 7.54. The molecule has 26 heavy (non-hydrogen) atoms. The Kier molecular flexibility index (Phi) is 5.51. The van der Waals surface area contributed by atoms with E-state index < -0.39 is 5.54 Å². The lowest BCUT2D eigenvalue weighted by atomic mass is 9.92. The lowest BCUT2D eigenvalue weighted by Crippen LogP contribution is -2.55. The van der Waals surface area contributed by atoms with Crippen molar-refractivity contribution in [3.05, 3.63) is 29.8 Å². The number of aliphatic hydroxyl groups excluding tert-OH is 1. The van der Waals surface area contributed by atoms with Crippen LogP contribution in [-0.2, 0) is 9.59 Å². The molecule has 3 rings (SSSR count). The second kappa shape index (κ2) is 7.66. The number of hydrogen-bond donors (Lipinski definition) is 1. The Labute approximate surface area is 155 Å². The molecule has 0 saturated carbocycles. The maximum absolute atomic E-state index is 12.8. The lowest BCUT2D eigenvalue weighted by Gasteiger charge is -2.40. The van der Waals surface area contributed by atoms with Gasteiger partial charge in [0.25, 0.3) is 0 Å². The number of nitrogens with zero attached hydrogens (tertiary/aromatic N) is 3. The molecule has 2 fully saturated rings. The van der Waals surface area contributed by atoms with Crippen LogP contribution in [0.1, 0.15) is 31.7 Å². The monoisotopic (exact) mass is 359 g/mol. The number of aryl methyl sites for hydroxylation is 1. The molecule has 6 nitrogen and oxygen atoms in total. The van der Waals surface area contributed by atoms with Gasteiger partial charge in [-0.3, -0.25) is 9.59 Å². The minimum absolute atomic E-state index is 0.0380. The molecule has 2 amide bonds. The quantitative estimate of drug-likeness (QED) is 0.883. The van der Waals surface area contributed by atoms with Crippen LogP contribution in [0.4, 0.5) is 5.69 Å². The molecule has 1 unspecified atom stereocenters. The zero-order valence-electron chi connectivity index (χ0n) is 15.8. The van der Waals surface area contributed by atoms with Gasteiger partial charge >= 0.3 is 0 Å². The summed E-state index contributed by atoms with van der Waals surface area (Å²) in [6, 6.07) is 8.42. The van der Waals surface area contributed by atoms with E-state index >= 15 is 0 Å². The largest absolute Gasteiger partial charge is 0.394 e. The Morgan fingerprint density at radius 2 is 1.88 bits per heavy atom. The minimum Gasteiger partial charge on any atom is -0.394 e. The van der Waals surface area contributed by atoms with E-state index in [0.717, 1.165) is 19.5 Å². The molecule has 2 aliphatic rings. The van der Waals surface area contributed by atoms with E-state index in [0.29, 0.717) is 26.1 Å². The van der Waals surface area contributed by atoms with E-state index in [1.54, 1.807) is 4.90 Å². The molecule has 142 valence electrons. The fraction of sp³-hybridized carbons (Fsp3) is 0.600. The summed E-state index contributed by atoms with van der Waals surface area (Å²) in [5, 5.41) is 9.93. The molecule has 2 heterocycles. The van der Waals surface area contributed by atoms with Crippen molar-refractivity contribution in [1.29, 1.82) is 0 Å². The van der Waals surface area contributed by atoms with E-state index in [4.69, 9.17) is 0 Å². The Morgan fingerprint density at radius 1 is 1.15 bits per heavy atom. The number of carbonyl (C=O) groups is 2. The molecule has 0 aromatic heterocycles. The second-order valence-electron chi connectivity index (χ2n) is 7.54. The van der Waals surface area contributed by atoms with Crippen LogP contribution in [-0.4, -0.2) is 71.6 Å². The topological polar surface area (TPSA) is 64.1 Å². The number of likely N-dealkylation sites (tertiary alicyclic amines) is 1. The van der Waals surface area contributed by atoms with Crippen molar-refractivity contribution in [2.24, 2.45) is 0 Å². The molecule has 6 heteroatoms. The van der Waals surface area contributed by atoms with Crippen LogP contribution in [0.2, 0.25) is 0 Å². The summed E-state index contributed by atoms with van der Waals surface area (Å²) in [7, 11) is 0. The van der Waals surface area contributed by atoms with Crippen molar-refractivity contribution in [2.45, 2.75) is 38.6 Å². The average Bonchev–Trinajstić information content (AvgIpc) is 3.06. The zero-order valence-corrected chi connectivity index (χ0v) is 15.8. The summed E-state index contributed by atoms with van der Waals surface area (Å²) in [4.78, 5) is 30.6. The van der Waals surface area contributed by atoms with E-state index in [1.165, 1.54) is 18.2 Å². The Morgan fingerprint density at radius 3 is 2.50 bits per heavy atom. The van der Waals surface area contributed by atoms with Crippen LogP contribution in [0.25, 0.3) is 0 Å². The van der Waals surface area contributed by atoms with Crippen molar-refractivity contribution in [2.75, 3.05) is 44.2 Å². The summed E-state index contributed by atoms with van der Waals surface area (Å²) in [6.07, 6.45) is 1.75. The first-order chi connectivity index (χ1) is 12.4. The van der Waals surface area contributed by atoms with E-state index in [-0.39, 0.29) is 24.8 Å². The normalized spacial score (nSPS) is 23.4. The fourth-order valence-electron chi connectivity index (χ4n) is 4.27. The highest BCUT2D eigenvalue weighted by atomic mass is 16.3. The third kappa shape index (κ3) is 3.70. The van der Waals surface area contributed by atoms with Crippen molar-refractivity contribution in [3.8, 4) is 0 Å². The van der Waals surface area contributed by atoms with Gasteiger partial charge in [0.2, 0.25) is 11.8 Å². The molecular weight excluding hydrogens is 330 g/mol. The third-order valence-corrected chi connectivity index (χ3v) is 5.75. The van der Waals surface area contributed by atoms with Crippen molar-refractivity contribution in [3.63, 3.8) is 0 Å². The summed E-state index contributed by atoms with van der Waals surface area (Å²) in [6.45, 7) is 7.03. The van der Waals surface area contributed by atoms with Crippen LogP contribution >= 0.6 is 0 Å². The predicted molar refractivity (Wildman–Crippen MR) is 101 cm³/mol. The first kappa shape index (κ1) is 18.7. The van der Waals surface area contributed by atoms with Crippen LogP contribution in [0.3, 0.4) is 0 Å². The van der Waals surface area contributed by atoms with Crippen LogP contribution < -0.4 is 4.90 Å². The zero-order chi connectivity index (χ0) is 18.7. The van der Waals surface area contributed by atoms with Gasteiger partial charge < -0.3 is 19.8 Å². The number of aliphatic hydroxyl groups is 1. The Bertz CT molecular complexity index is 670. The molecule has 1 aromatic rings. The molecule has 2 saturated heterocycles. The molecule has 1 N–H and O–H groups in total. The van der Waals surface area contributed by atoms with Gasteiger partial charge in [0.15, 0.2) is 0 Å². The van der Waals surface area contributed by atoms with Crippen molar-refractivity contribution < 1.29 is 14.7 Å². The number of anilines is 1. The highest BCUT2D eigenvalue weighted by molar-refractivity contribution is 5.80. The van der Waals surface area contributed by atoms with Gasteiger partial charge in [-0.05, 0) is 37.5 Å². The molecule has 0 aliphatic carbocycles. The first-order valence-corrected chi connectivity index (χ1v) is 9.44. The highest BCUT2D eigenvalue weighted by Gasteiger charge is 2.44. The summed E-state index contributed by atoms with van der Waals surface area (Å²) >= 11 is 0. The molecule has 1 aromatic carbocycles. The molecule has 0 radical (unpaired) electrons. The number of piperazine rings is 1. The lowest BCUT2D eigenvalue weighted by molar-refractivity contribution is -0.141. The fourth-order valence-corrected chi connectivity index (χ4v) is 4.27. The number of benzene rings is 1. The molecule has 2 aliphatic heterocycles. The summed E-state index contributed by atoms with van der Waals surface area (Å²) in [5.41, 5.74) is 1.72. The highest BCUT2D eigenvalue weighted by Crippen LogP contribution is 2.33. The van der Waals surface area contributed by atoms with Gasteiger partial charge in [-0.15, -0.1) is 0 Å². The van der Waals surface area contributed by atoms with Gasteiger partial charge in [-0.2, -0.15) is 0 Å². The smallest absolute Gasteiger partial charge is 0.225 e. The summed E-state index contributed by atoms with van der Waals surface area (Å²) < 4.78 is 0. The maximum atomic E-state index is 12.8. The van der Waals surface area contributed by atoms with Gasteiger partial charge in [-0.25, -0.2) is 0 Å². The van der Waals surface area contributed by atoms with Gasteiger partial charge in [-0.1, -0.05) is 12.1 Å². The SMILES string of the molecule is CC(=O)N1CCCC1(CO)CC(=O)N1CCN(c2cccc(C)c2)CC1. The van der Waals surface area contributed by atoms with Crippen molar-refractivity contribution >= 4 is 17.5 Å². The molecular formula is C20H29N3O3. The van der Waals surface area contributed by atoms with E-state index in [1.807, 2.05) is 4.90 Å². The number of carbonyl (C=O) groups excluding carboxylic acids is 2. The number of hydrogen-bond acceptors (Lipinski definition) is 4. The molecule has 0 bridgehead atoms. The molecule has 1 atom stereocenters. The average molecular weight is 359 g/mol. The standard InChI is InChI=1S/C20H29N3O3/c1-16-5-3-6-18(13-16)21-9-11-22(12-10-21)19(26)14-20(15-24)7-4-8-23(20)17(2)25/h3,5-6,13,24H,4,7-12,14-15H2,1-2H3. The van der Waals surface area contributed by atoms with E-state index in [2.05, 4.69) is 36.1 Å². The summed E-state index contributed by atoms with van der Waals surface area (Å²) in [5.74, 6) is -0.0234. The Hall–Kier alpha value is -2.08. The molecule has 0 spiro atoms. The number of amides is 2. The van der Waals surface area contributed by atoms with Crippen molar-refractivity contribution in [1.82, 2.24) is 9.80 Å². The van der Waals surface area contributed by atoms with Gasteiger partial charge in [0, 0.05) is 45.3 Å². The third-order valence-electron chi connectivity index (χ3n) is 5.75. The Balaban J connectivity index is 1.60. The van der Waals surface area contributed by atoms with Crippen LogP contribution in [0, 0.1) is 6.92 Å².